The lowest BCUT2D eigenvalue weighted by atomic mass is 9.98. The fraction of sp³-hybridized carbons (Fsp3) is 0.200. The second-order valence-corrected chi connectivity index (χ2v) is 8.43. The lowest BCUT2D eigenvalue weighted by Crippen LogP contribution is -2.32. The van der Waals surface area contributed by atoms with Crippen LogP contribution in [0.15, 0.2) is 64.3 Å². The molecular weight excluding hydrogens is 453 g/mol. The summed E-state index contributed by atoms with van der Waals surface area (Å²) in [7, 11) is 0. The highest BCUT2D eigenvalue weighted by Crippen LogP contribution is 2.30. The molecular formula is C25H22FN5O4. The van der Waals surface area contributed by atoms with Crippen molar-refractivity contribution >= 4 is 16.9 Å². The maximum Gasteiger partial charge on any atom is 0.334 e. The standard InChI is InChI=1S/C25H22FN5O4/c26-17-11-21-23(28-12-17)31(25(35)29-24(21)34)18-4-1-3-15(9-18)20-6-5-19(32)10-16(20)13-30-8-2-7-27-22(33)14-30/h1,3-6,9-12,32H,2,7-8,13-14H2,(H,27,33)(H,29,34,35). The van der Waals surface area contributed by atoms with Crippen LogP contribution in [0, 0.1) is 5.82 Å². The maximum absolute atomic E-state index is 13.7. The number of aromatic amines is 1. The van der Waals surface area contributed by atoms with E-state index in [9.17, 15) is 23.9 Å². The van der Waals surface area contributed by atoms with Gasteiger partial charge in [-0.3, -0.25) is 19.5 Å². The largest absolute Gasteiger partial charge is 0.508 e. The first-order valence-corrected chi connectivity index (χ1v) is 11.1. The molecule has 0 radical (unpaired) electrons. The third-order valence-electron chi connectivity index (χ3n) is 5.95. The minimum absolute atomic E-state index is 0.0406. The number of fused-ring (bicyclic) bond motifs is 1. The van der Waals surface area contributed by atoms with Crippen LogP contribution in [0.3, 0.4) is 0 Å². The van der Waals surface area contributed by atoms with Gasteiger partial charge in [0.25, 0.3) is 5.56 Å². The Labute approximate surface area is 198 Å². The van der Waals surface area contributed by atoms with Gasteiger partial charge in [0, 0.05) is 19.6 Å². The predicted molar refractivity (Wildman–Crippen MR) is 128 cm³/mol. The Hall–Kier alpha value is -4.31. The molecule has 0 aliphatic carbocycles. The summed E-state index contributed by atoms with van der Waals surface area (Å²) in [6.45, 7) is 2.07. The van der Waals surface area contributed by atoms with Crippen molar-refractivity contribution in [2.75, 3.05) is 19.6 Å². The van der Waals surface area contributed by atoms with Crippen LogP contribution in [0.2, 0.25) is 0 Å². The molecule has 2 aromatic heterocycles. The highest BCUT2D eigenvalue weighted by molar-refractivity contribution is 5.78. The first-order valence-electron chi connectivity index (χ1n) is 11.1. The summed E-state index contributed by atoms with van der Waals surface area (Å²) in [4.78, 5) is 45.2. The molecule has 0 bridgehead atoms. The summed E-state index contributed by atoms with van der Waals surface area (Å²) in [5.41, 5.74) is 1.45. The maximum atomic E-state index is 13.7. The topological polar surface area (TPSA) is 120 Å². The number of hydrogen-bond acceptors (Lipinski definition) is 6. The van der Waals surface area contributed by atoms with E-state index < -0.39 is 17.1 Å². The van der Waals surface area contributed by atoms with Gasteiger partial charge in [0.2, 0.25) is 5.91 Å². The number of carbonyl (C=O) groups excluding carboxylic acids is 1. The Morgan fingerprint density at radius 1 is 1.09 bits per heavy atom. The Bertz CT molecular complexity index is 1560. The van der Waals surface area contributed by atoms with E-state index in [1.165, 1.54) is 4.57 Å². The third-order valence-corrected chi connectivity index (χ3v) is 5.95. The second kappa shape index (κ2) is 9.15. The molecule has 1 aliphatic heterocycles. The molecule has 35 heavy (non-hydrogen) atoms. The van der Waals surface area contributed by atoms with Crippen LogP contribution < -0.4 is 16.6 Å². The fourth-order valence-corrected chi connectivity index (χ4v) is 4.38. The molecule has 10 heteroatoms. The molecule has 2 aromatic carbocycles. The zero-order chi connectivity index (χ0) is 24.5. The van der Waals surface area contributed by atoms with Crippen LogP contribution in [0.4, 0.5) is 4.39 Å². The van der Waals surface area contributed by atoms with E-state index in [1.807, 2.05) is 11.0 Å². The van der Waals surface area contributed by atoms with Crippen molar-refractivity contribution in [1.82, 2.24) is 24.8 Å². The number of phenolic OH excluding ortho intramolecular Hbond substituents is 1. The van der Waals surface area contributed by atoms with Crippen molar-refractivity contribution < 1.29 is 14.3 Å². The third kappa shape index (κ3) is 4.56. The van der Waals surface area contributed by atoms with Crippen molar-refractivity contribution in [3.63, 3.8) is 0 Å². The SMILES string of the molecule is O=C1CN(Cc2cc(O)ccc2-c2cccc(-n3c(=O)[nH]c(=O)c4cc(F)cnc43)c2)CCCN1. The molecule has 1 saturated heterocycles. The predicted octanol–water partition coefficient (Wildman–Crippen LogP) is 1.91. The number of H-pyrrole nitrogens is 1. The van der Waals surface area contributed by atoms with Gasteiger partial charge >= 0.3 is 5.69 Å². The molecule has 3 heterocycles. The van der Waals surface area contributed by atoms with E-state index >= 15 is 0 Å². The number of pyridine rings is 1. The number of nitrogens with one attached hydrogen (secondary N) is 2. The summed E-state index contributed by atoms with van der Waals surface area (Å²) < 4.78 is 14.9. The zero-order valence-corrected chi connectivity index (χ0v) is 18.6. The Morgan fingerprint density at radius 2 is 1.94 bits per heavy atom. The summed E-state index contributed by atoms with van der Waals surface area (Å²) in [6, 6.07) is 13.1. The van der Waals surface area contributed by atoms with Gasteiger partial charge in [0.15, 0.2) is 5.65 Å². The Balaban J connectivity index is 1.60. The monoisotopic (exact) mass is 475 g/mol. The van der Waals surface area contributed by atoms with Gasteiger partial charge in [-0.05, 0) is 53.4 Å². The highest BCUT2D eigenvalue weighted by atomic mass is 19.1. The molecule has 0 saturated carbocycles. The van der Waals surface area contributed by atoms with Crippen LogP contribution in [0.5, 0.6) is 5.75 Å². The van der Waals surface area contributed by atoms with Crippen molar-refractivity contribution in [3.8, 4) is 22.6 Å². The number of benzene rings is 2. The summed E-state index contributed by atoms with van der Waals surface area (Å²) in [6.07, 6.45) is 1.78. The molecule has 5 rings (SSSR count). The summed E-state index contributed by atoms with van der Waals surface area (Å²) in [5.74, 6) is -0.620. The van der Waals surface area contributed by atoms with Gasteiger partial charge in [-0.2, -0.15) is 0 Å². The minimum Gasteiger partial charge on any atom is -0.508 e. The molecule has 3 N–H and O–H groups in total. The fourth-order valence-electron chi connectivity index (χ4n) is 4.38. The Kier molecular flexibility index (Phi) is 5.87. The molecule has 178 valence electrons. The second-order valence-electron chi connectivity index (χ2n) is 8.43. The lowest BCUT2D eigenvalue weighted by molar-refractivity contribution is -0.121. The van der Waals surface area contributed by atoms with Crippen LogP contribution >= 0.6 is 0 Å². The number of aromatic hydroxyl groups is 1. The average Bonchev–Trinajstić information content (AvgIpc) is 3.03. The number of aromatic nitrogens is 3. The van der Waals surface area contributed by atoms with E-state index in [4.69, 9.17) is 0 Å². The van der Waals surface area contributed by atoms with Crippen molar-refractivity contribution in [2.45, 2.75) is 13.0 Å². The molecule has 1 aliphatic rings. The molecule has 0 atom stereocenters. The van der Waals surface area contributed by atoms with Gasteiger partial charge in [-0.25, -0.2) is 18.7 Å². The number of carbonyl (C=O) groups is 1. The molecule has 0 unspecified atom stereocenters. The van der Waals surface area contributed by atoms with Gasteiger partial charge in [0.05, 0.1) is 23.8 Å². The molecule has 9 nitrogen and oxygen atoms in total. The smallest absolute Gasteiger partial charge is 0.334 e. The lowest BCUT2D eigenvalue weighted by Gasteiger charge is -2.21. The highest BCUT2D eigenvalue weighted by Gasteiger charge is 2.18. The Morgan fingerprint density at radius 3 is 2.80 bits per heavy atom. The van der Waals surface area contributed by atoms with Gasteiger partial charge in [0.1, 0.15) is 11.6 Å². The first-order chi connectivity index (χ1) is 16.9. The molecule has 1 amide bonds. The number of phenols is 1. The number of hydrogen-bond donors (Lipinski definition) is 3. The van der Waals surface area contributed by atoms with Gasteiger partial charge in [-0.1, -0.05) is 18.2 Å². The number of nitrogens with zero attached hydrogens (tertiary/aromatic N) is 3. The van der Waals surface area contributed by atoms with Crippen molar-refractivity contribution in [3.05, 3.63) is 86.9 Å². The number of amides is 1. The van der Waals surface area contributed by atoms with Gasteiger partial charge < -0.3 is 10.4 Å². The normalized spacial score (nSPS) is 14.6. The van der Waals surface area contributed by atoms with Crippen LogP contribution in [0.25, 0.3) is 27.8 Å². The van der Waals surface area contributed by atoms with E-state index in [1.54, 1.807) is 36.4 Å². The van der Waals surface area contributed by atoms with E-state index in [-0.39, 0.29) is 29.2 Å². The number of rotatable bonds is 4. The van der Waals surface area contributed by atoms with Crippen LogP contribution in [0.1, 0.15) is 12.0 Å². The van der Waals surface area contributed by atoms with Crippen LogP contribution in [-0.2, 0) is 11.3 Å². The molecule has 1 fully saturated rings. The van der Waals surface area contributed by atoms with E-state index in [0.29, 0.717) is 18.8 Å². The number of halogens is 1. The van der Waals surface area contributed by atoms with E-state index in [2.05, 4.69) is 15.3 Å². The van der Waals surface area contributed by atoms with E-state index in [0.717, 1.165) is 41.9 Å². The first kappa shape index (κ1) is 22.5. The molecule has 4 aromatic rings. The zero-order valence-electron chi connectivity index (χ0n) is 18.6. The molecule has 0 spiro atoms. The minimum atomic E-state index is -0.716. The summed E-state index contributed by atoms with van der Waals surface area (Å²) >= 11 is 0. The quantitative estimate of drug-likeness (QED) is 0.415. The van der Waals surface area contributed by atoms with Gasteiger partial charge in [-0.15, -0.1) is 0 Å². The van der Waals surface area contributed by atoms with Crippen molar-refractivity contribution in [1.29, 1.82) is 0 Å². The van der Waals surface area contributed by atoms with Crippen molar-refractivity contribution in [2.24, 2.45) is 0 Å². The van der Waals surface area contributed by atoms with Crippen LogP contribution in [-0.4, -0.2) is 50.1 Å². The summed E-state index contributed by atoms with van der Waals surface area (Å²) in [5, 5.41) is 13.0. The average molecular weight is 475 g/mol.